The van der Waals surface area contributed by atoms with Gasteiger partial charge in [0.05, 0.1) is 28.1 Å². The van der Waals surface area contributed by atoms with Gasteiger partial charge in [-0.05, 0) is 66.1 Å². The van der Waals surface area contributed by atoms with E-state index in [9.17, 15) is 14.6 Å². The number of hydrogen-bond acceptors (Lipinski definition) is 7. The minimum Gasteiger partial charge on any atom is -0.390 e. The Morgan fingerprint density at radius 2 is 1.88 bits per heavy atom. The van der Waals surface area contributed by atoms with Crippen molar-refractivity contribution >= 4 is 56.8 Å². The van der Waals surface area contributed by atoms with Gasteiger partial charge in [0.25, 0.3) is 0 Å². The van der Waals surface area contributed by atoms with Crippen LogP contribution in [0.4, 0.5) is 16.0 Å². The molecule has 8 nitrogen and oxygen atoms in total. The number of fused-ring (bicyclic) bond motifs is 2. The zero-order valence-corrected chi connectivity index (χ0v) is 19.7. The number of nitrogens with zero attached hydrogens (tertiary/aromatic N) is 4. The Balaban J connectivity index is 1.41. The molecule has 4 aromatic rings. The number of aliphatic hydroxyl groups is 2. The molecule has 1 fully saturated rings. The Bertz CT molecular complexity index is 1430. The van der Waals surface area contributed by atoms with Crippen molar-refractivity contribution in [2.45, 2.75) is 44.4 Å². The van der Waals surface area contributed by atoms with Gasteiger partial charge < -0.3 is 26.2 Å². The van der Waals surface area contributed by atoms with Crippen LogP contribution in [0.25, 0.3) is 21.9 Å². The molecule has 5 rings (SSSR count). The number of aryl methyl sites for hydroxylation is 1. The van der Waals surface area contributed by atoms with E-state index in [1.165, 1.54) is 12.1 Å². The quantitative estimate of drug-likeness (QED) is 0.309. The standard InChI is InChI=1S/C23H23Cl2FN6O2/c1-23(4-2-10-6-14(26)12-8-13(24)20(28)29-15(12)7-10)9-16(17(33)18(23)34)32-5-3-11-19(27)30-22(25)31-21(11)32/h3,5-8,16-18,33-34H,2,4,9H2,1H3,(H2,28,29)(H2,27,30,31)/t16-,17+,18+,23+/m1/s1. The Hall–Kier alpha value is -2.72. The highest BCUT2D eigenvalue weighted by Crippen LogP contribution is 2.48. The number of nitrogens with two attached hydrogens (primary N) is 2. The number of aliphatic hydroxyl groups excluding tert-OH is 2. The molecule has 0 bridgehead atoms. The van der Waals surface area contributed by atoms with Crippen molar-refractivity contribution < 1.29 is 14.6 Å². The summed E-state index contributed by atoms with van der Waals surface area (Å²) in [7, 11) is 0. The van der Waals surface area contributed by atoms with Crippen LogP contribution in [-0.4, -0.2) is 41.9 Å². The Morgan fingerprint density at radius 3 is 2.65 bits per heavy atom. The van der Waals surface area contributed by atoms with E-state index in [2.05, 4.69) is 15.0 Å². The van der Waals surface area contributed by atoms with Crippen LogP contribution in [-0.2, 0) is 6.42 Å². The molecule has 1 aliphatic carbocycles. The molecule has 0 amide bonds. The van der Waals surface area contributed by atoms with Crippen LogP contribution < -0.4 is 11.5 Å². The summed E-state index contributed by atoms with van der Waals surface area (Å²) < 4.78 is 16.5. The van der Waals surface area contributed by atoms with Gasteiger partial charge in [0.15, 0.2) is 0 Å². The summed E-state index contributed by atoms with van der Waals surface area (Å²) in [5, 5.41) is 23.0. The average Bonchev–Trinajstić information content (AvgIpc) is 3.29. The second-order valence-corrected chi connectivity index (χ2v) is 9.94. The lowest BCUT2D eigenvalue weighted by Gasteiger charge is -2.28. The minimum atomic E-state index is -1.03. The number of halogens is 3. The number of rotatable bonds is 4. The molecule has 34 heavy (non-hydrogen) atoms. The van der Waals surface area contributed by atoms with Crippen molar-refractivity contribution in [3.05, 3.63) is 52.1 Å². The lowest BCUT2D eigenvalue weighted by atomic mass is 9.80. The molecule has 0 saturated heterocycles. The maximum atomic E-state index is 14.7. The topological polar surface area (TPSA) is 136 Å². The first-order chi connectivity index (χ1) is 16.1. The van der Waals surface area contributed by atoms with Crippen LogP contribution in [0.1, 0.15) is 31.4 Å². The second-order valence-electron chi connectivity index (χ2n) is 9.20. The monoisotopic (exact) mass is 504 g/mol. The largest absolute Gasteiger partial charge is 0.390 e. The SMILES string of the molecule is C[C@]1(CCc2cc(F)c3cc(Cl)c(N)nc3c2)C[C@@H](n2ccc3c(N)nc(Cl)nc32)[C@H](O)[C@@H]1O. The maximum Gasteiger partial charge on any atom is 0.226 e. The van der Waals surface area contributed by atoms with E-state index < -0.39 is 29.5 Å². The molecule has 0 radical (unpaired) electrons. The fraction of sp³-hybridized carbons (Fsp3) is 0.348. The van der Waals surface area contributed by atoms with Gasteiger partial charge in [-0.2, -0.15) is 4.98 Å². The van der Waals surface area contributed by atoms with Gasteiger partial charge in [-0.15, -0.1) is 0 Å². The van der Waals surface area contributed by atoms with Crippen LogP contribution in [0.15, 0.2) is 30.5 Å². The van der Waals surface area contributed by atoms with E-state index in [1.54, 1.807) is 22.9 Å². The molecular weight excluding hydrogens is 482 g/mol. The van der Waals surface area contributed by atoms with Crippen molar-refractivity contribution in [1.29, 1.82) is 0 Å². The highest BCUT2D eigenvalue weighted by Gasteiger charge is 2.50. The highest BCUT2D eigenvalue weighted by molar-refractivity contribution is 6.33. The molecule has 3 heterocycles. The summed E-state index contributed by atoms with van der Waals surface area (Å²) in [4.78, 5) is 12.4. The van der Waals surface area contributed by atoms with E-state index in [0.717, 1.165) is 0 Å². The fourth-order valence-electron chi connectivity index (χ4n) is 5.00. The van der Waals surface area contributed by atoms with Crippen molar-refractivity contribution in [2.75, 3.05) is 11.5 Å². The van der Waals surface area contributed by atoms with Gasteiger partial charge in [-0.25, -0.2) is 14.4 Å². The number of benzene rings is 1. The average molecular weight is 505 g/mol. The molecule has 3 aromatic heterocycles. The van der Waals surface area contributed by atoms with Gasteiger partial charge in [0, 0.05) is 11.6 Å². The first-order valence-electron chi connectivity index (χ1n) is 10.8. The lowest BCUT2D eigenvalue weighted by molar-refractivity contribution is -0.0241. The van der Waals surface area contributed by atoms with Crippen LogP contribution in [0.3, 0.4) is 0 Å². The van der Waals surface area contributed by atoms with Gasteiger partial charge in [-0.1, -0.05) is 18.5 Å². The normalized spacial score (nSPS) is 24.9. The van der Waals surface area contributed by atoms with Crippen molar-refractivity contribution in [2.24, 2.45) is 5.41 Å². The molecule has 178 valence electrons. The Kier molecular flexibility index (Phi) is 5.55. The molecular formula is C23H23Cl2FN6O2. The molecule has 1 aromatic carbocycles. The third-order valence-corrected chi connectivity index (χ3v) is 7.42. The molecule has 0 unspecified atom stereocenters. The Labute approximate surface area is 204 Å². The van der Waals surface area contributed by atoms with Crippen LogP contribution in [0.2, 0.25) is 10.3 Å². The van der Waals surface area contributed by atoms with Crippen molar-refractivity contribution in [3.63, 3.8) is 0 Å². The molecule has 4 atom stereocenters. The van der Waals surface area contributed by atoms with Gasteiger partial charge >= 0.3 is 0 Å². The summed E-state index contributed by atoms with van der Waals surface area (Å²) in [6, 6.07) is 5.99. The zero-order valence-electron chi connectivity index (χ0n) is 18.2. The number of nitrogen functional groups attached to an aromatic ring is 2. The number of pyridine rings is 1. The molecule has 0 spiro atoms. The number of aromatic nitrogens is 4. The van der Waals surface area contributed by atoms with Crippen LogP contribution in [0.5, 0.6) is 0 Å². The van der Waals surface area contributed by atoms with Gasteiger partial charge in [0.2, 0.25) is 5.28 Å². The van der Waals surface area contributed by atoms with Gasteiger partial charge in [0.1, 0.15) is 29.2 Å². The highest BCUT2D eigenvalue weighted by atomic mass is 35.5. The minimum absolute atomic E-state index is 0.00890. The smallest absolute Gasteiger partial charge is 0.226 e. The first kappa shape index (κ1) is 23.0. The third-order valence-electron chi connectivity index (χ3n) is 6.95. The summed E-state index contributed by atoms with van der Waals surface area (Å²) in [6.45, 7) is 1.91. The van der Waals surface area contributed by atoms with E-state index in [4.69, 9.17) is 34.7 Å². The lowest BCUT2D eigenvalue weighted by Crippen LogP contribution is -2.35. The summed E-state index contributed by atoms with van der Waals surface area (Å²) in [5.74, 6) is -0.0540. The number of anilines is 2. The molecule has 1 aliphatic rings. The Morgan fingerprint density at radius 1 is 1.12 bits per heavy atom. The molecule has 11 heteroatoms. The predicted molar refractivity (Wildman–Crippen MR) is 130 cm³/mol. The van der Waals surface area contributed by atoms with Crippen LogP contribution in [0, 0.1) is 11.2 Å². The van der Waals surface area contributed by atoms with Crippen molar-refractivity contribution in [1.82, 2.24) is 19.5 Å². The molecule has 0 aliphatic heterocycles. The van der Waals surface area contributed by atoms with Crippen LogP contribution >= 0.6 is 23.2 Å². The summed E-state index contributed by atoms with van der Waals surface area (Å²) in [5.41, 5.74) is 12.7. The first-order valence-corrected chi connectivity index (χ1v) is 11.5. The van der Waals surface area contributed by atoms with Crippen molar-refractivity contribution in [3.8, 4) is 0 Å². The van der Waals surface area contributed by atoms with Gasteiger partial charge in [-0.3, -0.25) is 0 Å². The molecule has 1 saturated carbocycles. The van der Waals surface area contributed by atoms with E-state index in [1.807, 2.05) is 6.92 Å². The van der Waals surface area contributed by atoms with E-state index in [-0.39, 0.29) is 21.9 Å². The second kappa shape index (κ2) is 8.20. The zero-order chi connectivity index (χ0) is 24.4. The van der Waals surface area contributed by atoms with E-state index in [0.29, 0.717) is 46.8 Å². The predicted octanol–water partition coefficient (Wildman–Crippen LogP) is 3.90. The summed E-state index contributed by atoms with van der Waals surface area (Å²) in [6.07, 6.45) is 1.18. The summed E-state index contributed by atoms with van der Waals surface area (Å²) >= 11 is 12.0. The molecule has 6 N–H and O–H groups in total. The number of hydrogen-bond donors (Lipinski definition) is 4. The maximum absolute atomic E-state index is 14.7. The van der Waals surface area contributed by atoms with E-state index >= 15 is 0 Å². The fourth-order valence-corrected chi connectivity index (χ4v) is 5.33. The third kappa shape index (κ3) is 3.73.